The highest BCUT2D eigenvalue weighted by molar-refractivity contribution is 5.99. The monoisotopic (exact) mass is 146 g/mol. The number of rotatable bonds is 1. The van der Waals surface area contributed by atoms with Gasteiger partial charge in [0.05, 0.1) is 0 Å². The van der Waals surface area contributed by atoms with Gasteiger partial charge in [-0.15, -0.1) is 10.2 Å². The molecule has 0 bridgehead atoms. The molecule has 53 valence electrons. The van der Waals surface area contributed by atoms with Gasteiger partial charge < -0.3 is 0 Å². The van der Waals surface area contributed by atoms with Gasteiger partial charge in [0.25, 0.3) is 0 Å². The number of amidine groups is 1. The summed E-state index contributed by atoms with van der Waals surface area (Å²) < 4.78 is 0. The predicted molar refractivity (Wildman–Crippen MR) is 37.8 cm³/mol. The van der Waals surface area contributed by atoms with E-state index in [2.05, 4.69) is 26.0 Å². The molecule has 0 unspecified atom stereocenters. The van der Waals surface area contributed by atoms with Gasteiger partial charge >= 0.3 is 0 Å². The number of pyridine rings is 1. The van der Waals surface area contributed by atoms with Crippen molar-refractivity contribution in [2.45, 2.75) is 0 Å². The molecule has 1 aromatic rings. The third-order valence-electron chi connectivity index (χ3n) is 1.24. The third kappa shape index (κ3) is 1.07. The van der Waals surface area contributed by atoms with Crippen molar-refractivity contribution in [3.63, 3.8) is 0 Å². The van der Waals surface area contributed by atoms with Gasteiger partial charge in [0, 0.05) is 18.0 Å². The Hall–Kier alpha value is -1.78. The van der Waals surface area contributed by atoms with Crippen LogP contribution in [-0.4, -0.2) is 10.8 Å². The van der Waals surface area contributed by atoms with E-state index in [1.807, 2.05) is 12.1 Å². The Kier molecular flexibility index (Phi) is 1.33. The summed E-state index contributed by atoms with van der Waals surface area (Å²) in [6.07, 6.45) is 3.35. The quantitative estimate of drug-likeness (QED) is 0.575. The van der Waals surface area contributed by atoms with Crippen LogP contribution in [0.3, 0.4) is 0 Å². The molecule has 0 aliphatic carbocycles. The molecule has 0 aromatic carbocycles. The first-order valence-corrected chi connectivity index (χ1v) is 3.06. The normalized spacial score (nSPS) is 14.4. The first kappa shape index (κ1) is 5.96. The summed E-state index contributed by atoms with van der Waals surface area (Å²) in [6.45, 7) is 0. The van der Waals surface area contributed by atoms with Crippen LogP contribution >= 0.6 is 0 Å². The van der Waals surface area contributed by atoms with Gasteiger partial charge in [-0.3, -0.25) is 4.98 Å². The van der Waals surface area contributed by atoms with E-state index in [4.69, 9.17) is 0 Å². The summed E-state index contributed by atoms with van der Waals surface area (Å²) in [4.78, 5) is 3.91. The van der Waals surface area contributed by atoms with Crippen molar-refractivity contribution >= 4 is 5.84 Å². The van der Waals surface area contributed by atoms with Gasteiger partial charge in [-0.1, -0.05) is 0 Å². The molecule has 11 heavy (non-hydrogen) atoms. The van der Waals surface area contributed by atoms with E-state index in [0.29, 0.717) is 5.84 Å². The van der Waals surface area contributed by atoms with Crippen molar-refractivity contribution in [2.24, 2.45) is 15.4 Å². The van der Waals surface area contributed by atoms with Gasteiger partial charge in [0.1, 0.15) is 0 Å². The second kappa shape index (κ2) is 2.45. The largest absolute Gasteiger partial charge is 0.264 e. The molecule has 0 amide bonds. The fourth-order valence-corrected chi connectivity index (χ4v) is 0.755. The van der Waals surface area contributed by atoms with Crippen LogP contribution < -0.4 is 5.53 Å². The van der Waals surface area contributed by atoms with E-state index < -0.39 is 0 Å². The van der Waals surface area contributed by atoms with Crippen LogP contribution in [0.25, 0.3) is 0 Å². The first-order valence-electron chi connectivity index (χ1n) is 3.06. The summed E-state index contributed by atoms with van der Waals surface area (Å²) in [5.74, 6) is 0.512. The third-order valence-corrected chi connectivity index (χ3v) is 1.24. The summed E-state index contributed by atoms with van der Waals surface area (Å²) in [6, 6.07) is 3.66. The molecule has 5 nitrogen and oxygen atoms in total. The highest BCUT2D eigenvalue weighted by atomic mass is 15.6. The second-order valence-corrected chi connectivity index (χ2v) is 1.94. The van der Waals surface area contributed by atoms with Crippen molar-refractivity contribution in [3.05, 3.63) is 30.1 Å². The van der Waals surface area contributed by atoms with E-state index in [1.54, 1.807) is 12.4 Å². The Morgan fingerprint density at radius 2 is 2.27 bits per heavy atom. The Morgan fingerprint density at radius 3 is 2.91 bits per heavy atom. The van der Waals surface area contributed by atoms with Gasteiger partial charge in [-0.25, -0.2) is 0 Å². The lowest BCUT2D eigenvalue weighted by Crippen LogP contribution is -1.93. The number of hydrogen-bond donors (Lipinski definition) is 0. The molecule has 0 atom stereocenters. The van der Waals surface area contributed by atoms with E-state index in [9.17, 15) is 0 Å². The molecular formula is C6H4N5. The smallest absolute Gasteiger partial charge is 0.208 e. The zero-order valence-electron chi connectivity index (χ0n) is 5.55. The average Bonchev–Trinajstić information content (AvgIpc) is 2.58. The molecule has 1 aliphatic rings. The van der Waals surface area contributed by atoms with E-state index in [0.717, 1.165) is 5.56 Å². The number of nitrogens with zero attached hydrogens (tertiary/aromatic N) is 5. The van der Waals surface area contributed by atoms with Crippen molar-refractivity contribution in [1.29, 1.82) is 0 Å². The van der Waals surface area contributed by atoms with Gasteiger partial charge in [0.15, 0.2) is 0 Å². The van der Waals surface area contributed by atoms with E-state index >= 15 is 0 Å². The summed E-state index contributed by atoms with van der Waals surface area (Å²) in [7, 11) is 0. The lowest BCUT2D eigenvalue weighted by molar-refractivity contribution is 0.780. The zero-order chi connectivity index (χ0) is 7.52. The number of hydrogen-bond acceptors (Lipinski definition) is 4. The summed E-state index contributed by atoms with van der Waals surface area (Å²) in [5.41, 5.74) is 4.19. The van der Waals surface area contributed by atoms with Crippen LogP contribution in [0.5, 0.6) is 0 Å². The molecule has 0 saturated heterocycles. The fourth-order valence-electron chi connectivity index (χ4n) is 0.755. The molecule has 0 saturated carbocycles. The van der Waals surface area contributed by atoms with Crippen molar-refractivity contribution in [3.8, 4) is 0 Å². The minimum absolute atomic E-state index is 0.512. The van der Waals surface area contributed by atoms with Crippen LogP contribution in [0.4, 0.5) is 0 Å². The number of aromatic nitrogens is 1. The van der Waals surface area contributed by atoms with Crippen LogP contribution in [0.2, 0.25) is 0 Å². The maximum Gasteiger partial charge on any atom is 0.208 e. The lowest BCUT2D eigenvalue weighted by Gasteiger charge is -1.90. The molecular weight excluding hydrogens is 142 g/mol. The molecule has 0 N–H and O–H groups in total. The first-order chi connectivity index (χ1) is 5.47. The minimum atomic E-state index is 0.512. The molecule has 2 heterocycles. The Morgan fingerprint density at radius 1 is 1.27 bits per heavy atom. The maximum absolute atomic E-state index is 3.91. The van der Waals surface area contributed by atoms with Crippen molar-refractivity contribution < 1.29 is 0 Å². The molecule has 0 fully saturated rings. The highest BCUT2D eigenvalue weighted by Crippen LogP contribution is 2.03. The molecule has 0 spiro atoms. The summed E-state index contributed by atoms with van der Waals surface area (Å²) in [5, 5.41) is 10.7. The van der Waals surface area contributed by atoms with Crippen LogP contribution in [0, 0.1) is 0 Å². The molecule has 2 rings (SSSR count). The molecule has 1 radical (unpaired) electrons. The van der Waals surface area contributed by atoms with Crippen LogP contribution in [0.15, 0.2) is 40.0 Å². The Balaban J connectivity index is 2.37. The Bertz CT molecular complexity index is 302. The second-order valence-electron chi connectivity index (χ2n) is 1.94. The highest BCUT2D eigenvalue weighted by Gasteiger charge is 2.05. The van der Waals surface area contributed by atoms with Gasteiger partial charge in [-0.2, -0.15) is 0 Å². The molecule has 1 aromatic heterocycles. The lowest BCUT2D eigenvalue weighted by atomic mass is 10.3. The van der Waals surface area contributed by atoms with E-state index in [1.165, 1.54) is 0 Å². The topological polar surface area (TPSA) is 64.1 Å². The van der Waals surface area contributed by atoms with Gasteiger partial charge in [-0.05, 0) is 22.9 Å². The molecule has 1 aliphatic heterocycles. The van der Waals surface area contributed by atoms with E-state index in [-0.39, 0.29) is 0 Å². The molecule has 5 heteroatoms. The average molecular weight is 146 g/mol. The Labute approximate surface area is 62.8 Å². The van der Waals surface area contributed by atoms with Crippen LogP contribution in [0.1, 0.15) is 5.56 Å². The summed E-state index contributed by atoms with van der Waals surface area (Å²) >= 11 is 0. The minimum Gasteiger partial charge on any atom is -0.264 e. The SMILES string of the molecule is c1cncc(C2=N[N]N=N2)c1. The fraction of sp³-hybridized carbons (Fsp3) is 0. The van der Waals surface area contributed by atoms with Crippen molar-refractivity contribution in [1.82, 2.24) is 10.5 Å². The maximum atomic E-state index is 3.91. The standard InChI is InChI=1S/C6H4N5/c1-2-5(4-7-3-1)6-8-10-11-9-6/h1-4H. The van der Waals surface area contributed by atoms with Crippen LogP contribution in [-0.2, 0) is 0 Å². The predicted octanol–water partition coefficient (Wildman–Crippen LogP) is 0.728. The van der Waals surface area contributed by atoms with Crippen molar-refractivity contribution in [2.75, 3.05) is 0 Å². The zero-order valence-corrected chi connectivity index (χ0v) is 5.55. The van der Waals surface area contributed by atoms with Gasteiger partial charge in [0.2, 0.25) is 5.84 Å².